The number of carbonyl (C=O) groups excluding carboxylic acids is 7. The summed E-state index contributed by atoms with van der Waals surface area (Å²) in [4.78, 5) is 114. The molecule has 0 unspecified atom stereocenters. The first-order valence-electron chi connectivity index (χ1n) is 30.4. The van der Waals surface area contributed by atoms with E-state index in [1.807, 2.05) is 0 Å². The average molecular weight is 1650 g/mol. The minimum atomic E-state index is -0.981. The number of nitrogens with zero attached hydrogens (tertiary/aromatic N) is 4. The van der Waals surface area contributed by atoms with Crippen LogP contribution in [0, 0.1) is 34.1 Å². The molecule has 4 amide bonds. The molecule has 0 saturated carbocycles. The second kappa shape index (κ2) is 50.2. The third-order valence-electron chi connectivity index (χ3n) is 15.4. The Hall–Kier alpha value is -2.48. The number of fused-ring (bicyclic) bond motifs is 4. The van der Waals surface area contributed by atoms with Crippen LogP contribution in [0.5, 0.6) is 11.5 Å². The number of nitrogens with one attached hydrogen (secondary N) is 2. The number of hydrogen-bond donors (Lipinski definition) is 3. The number of Topliss-reactive ketones (excluding diaryl/α,β-unsaturated/α-hetero) is 2. The first-order chi connectivity index (χ1) is 46.3. The van der Waals surface area contributed by atoms with Gasteiger partial charge in [-0.1, -0.05) is 23.7 Å². The van der Waals surface area contributed by atoms with E-state index in [0.717, 1.165) is 17.0 Å². The van der Waals surface area contributed by atoms with Crippen LogP contribution in [-0.2, 0) is 83.2 Å². The fourth-order valence-corrected chi connectivity index (χ4v) is 10.2. The molecule has 0 bridgehead atoms. The summed E-state index contributed by atoms with van der Waals surface area (Å²) in [7, 11) is 6.10. The van der Waals surface area contributed by atoms with Gasteiger partial charge in [0.15, 0.2) is 29.1 Å². The molecule has 5 aliphatic heterocycles. The van der Waals surface area contributed by atoms with Crippen molar-refractivity contribution < 1.29 is 298 Å². The summed E-state index contributed by atoms with van der Waals surface area (Å²) >= 11 is 5.07. The van der Waals surface area contributed by atoms with E-state index in [0.29, 0.717) is 130 Å². The first kappa shape index (κ1) is 96.5. The number of rotatable bonds is 11. The van der Waals surface area contributed by atoms with Gasteiger partial charge in [0.25, 0.3) is 18.3 Å². The van der Waals surface area contributed by atoms with Gasteiger partial charge in [0, 0.05) is 90.1 Å². The number of pyridine rings is 2. The van der Waals surface area contributed by atoms with Crippen LogP contribution in [0.4, 0.5) is 27.2 Å². The van der Waals surface area contributed by atoms with Gasteiger partial charge >= 0.3 is 166 Å². The van der Waals surface area contributed by atoms with E-state index in [1.54, 1.807) is 27.9 Å². The quantitative estimate of drug-likeness (QED) is 0.0184. The Morgan fingerprint density at radius 3 is 1.33 bits per heavy atom. The van der Waals surface area contributed by atoms with E-state index < -0.39 is 105 Å². The molecular formula is C63H81ClF4IK3N6O23. The maximum absolute atomic E-state index is 14.0. The van der Waals surface area contributed by atoms with Gasteiger partial charge in [-0.2, -0.15) is 0 Å². The fraction of sp³-hybridized carbons (Fsp3) is 0.540. The Kier molecular flexibility index (Phi) is 48.0. The second-order valence-electron chi connectivity index (χ2n) is 22.5. The predicted octanol–water partition coefficient (Wildman–Crippen LogP) is -7.84. The Labute approximate surface area is 731 Å². The minimum Gasteiger partial charge on any atom is -1.00 e. The Balaban J connectivity index is 0.00000141. The molecule has 38 heteroatoms. The van der Waals surface area contributed by atoms with E-state index in [9.17, 15) is 61.0 Å². The van der Waals surface area contributed by atoms with Crippen molar-refractivity contribution in [2.45, 2.75) is 77.9 Å². The van der Waals surface area contributed by atoms with Crippen molar-refractivity contribution in [3.05, 3.63) is 126 Å². The van der Waals surface area contributed by atoms with E-state index in [4.69, 9.17) is 69.0 Å². The molecule has 546 valence electrons. The monoisotopic (exact) mass is 1640 g/mol. The molecule has 3 saturated heterocycles. The van der Waals surface area contributed by atoms with Crippen molar-refractivity contribution in [2.75, 3.05) is 134 Å². The number of aromatic hydroxyl groups is 1. The van der Waals surface area contributed by atoms with Gasteiger partial charge in [-0.05, 0) is 51.7 Å². The molecular weight excluding hydrogens is 1560 g/mol. The second-order valence-corrected chi connectivity index (χ2v) is 22.7. The number of halogens is 6. The van der Waals surface area contributed by atoms with Gasteiger partial charge in [-0.3, -0.25) is 33.6 Å². The molecule has 0 spiro atoms. The summed E-state index contributed by atoms with van der Waals surface area (Å²) < 4.78 is 115. The topological polar surface area (TPSA) is 348 Å². The van der Waals surface area contributed by atoms with Gasteiger partial charge in [-0.15, -0.1) is 0 Å². The average Bonchev–Trinajstić information content (AvgIpc) is 0.740. The summed E-state index contributed by atoms with van der Waals surface area (Å²) in [6.45, 7) is 10.5. The summed E-state index contributed by atoms with van der Waals surface area (Å²) in [5, 5.41) is 23.7. The molecule has 2 aromatic heterocycles. The van der Waals surface area contributed by atoms with Crippen molar-refractivity contribution in [1.82, 2.24) is 29.6 Å². The van der Waals surface area contributed by atoms with Crippen LogP contribution in [0.2, 0.25) is 0 Å². The zero-order chi connectivity index (χ0) is 71.2. The number of carbonyl (C=O) groups is 7. The Morgan fingerprint density at radius 2 is 0.980 bits per heavy atom. The molecule has 0 radical (unpaired) electrons. The van der Waals surface area contributed by atoms with E-state index in [-0.39, 0.29) is 258 Å². The summed E-state index contributed by atoms with van der Waals surface area (Å²) in [5.41, 5.74) is -4.49. The Bertz CT molecular complexity index is 3400. The molecule has 3 fully saturated rings. The number of ether oxygens (including phenoxy) is 11. The van der Waals surface area contributed by atoms with Crippen molar-refractivity contribution in [3.8, 4) is 11.5 Å². The molecule has 4 aromatic rings. The predicted molar refractivity (Wildman–Crippen MR) is 331 cm³/mol. The molecule has 7 heterocycles. The van der Waals surface area contributed by atoms with Crippen LogP contribution >= 0.6 is 11.6 Å². The van der Waals surface area contributed by atoms with E-state index >= 15 is 0 Å². The number of hydrogen-bond acceptors (Lipinski definition) is 23. The van der Waals surface area contributed by atoms with Gasteiger partial charge in [0.05, 0.1) is 115 Å². The summed E-state index contributed by atoms with van der Waals surface area (Å²) in [6, 6.07) is 5.75. The van der Waals surface area contributed by atoms with Crippen molar-refractivity contribution >= 4 is 53.6 Å². The molecule has 9 rings (SSSR count). The van der Waals surface area contributed by atoms with Gasteiger partial charge < -0.3 is 122 Å². The number of amides is 4. The van der Waals surface area contributed by atoms with Gasteiger partial charge in [0.2, 0.25) is 17.7 Å². The Morgan fingerprint density at radius 1 is 0.624 bits per heavy atom. The van der Waals surface area contributed by atoms with Crippen molar-refractivity contribution in [1.29, 1.82) is 0 Å². The first-order valence-corrected chi connectivity index (χ1v) is 30.9. The summed E-state index contributed by atoms with van der Waals surface area (Å²) in [6.07, 6.45) is 2.88. The molecule has 0 aliphatic carbocycles. The maximum Gasteiger partial charge on any atom is 1.00 e. The van der Waals surface area contributed by atoms with Gasteiger partial charge in [-0.25, -0.2) is 27.2 Å². The van der Waals surface area contributed by atoms with Crippen LogP contribution in [0.15, 0.2) is 58.4 Å². The van der Waals surface area contributed by atoms with Crippen LogP contribution in [0.1, 0.15) is 93.8 Å². The SMILES string of the molecule is C1COCCOCCOCCOCCOCCO1.CN(C)C(=O)OCCl.CN(C)C(=O)OCOc1c2n(cc(C(=O)NCc3ccc(F)cc3F)c1=O)C[C@@H]1OCCC[C@]1(C)C2=O.C[C@]12CCCO[C@H]1Cn1cc(C(=O)NCc3ccc(F)cc3F)c(=O)c(O)c1C2=O.O=CO[O-].[H-].[I-].[K+].[K+].[K+]. The van der Waals surface area contributed by atoms with E-state index in [2.05, 4.69) is 20.3 Å². The van der Waals surface area contributed by atoms with Gasteiger partial charge in [0.1, 0.15) is 45.8 Å². The third kappa shape index (κ3) is 29.6. The molecule has 2 aromatic carbocycles. The zero-order valence-corrected chi connectivity index (χ0v) is 70.1. The number of alkyl halides is 1. The van der Waals surface area contributed by atoms with E-state index in [1.165, 1.54) is 52.7 Å². The van der Waals surface area contributed by atoms with Crippen LogP contribution < -0.4 is 210 Å². The number of benzene rings is 2. The standard InChI is InChI=1S/C25H27F2N3O7.C21H20F2N2O5.C12H24O6.C4H8ClNO2.CH2O3.HI.3K.H/c1-25-7-4-8-35-18(25)12-30-11-16(23(33)28-10-14-5-6-15(26)9-17(14)27)20(31)21(19(30)22(25)32)36-13-37-24(34)29(2)3;1-21-5-2-6-30-15(21)10-25-9-13(17(26)18(27)16(25)19(21)28)20(29)24-8-11-3-4-12(22)7-14(11)23;1-2-14-5-6-16-9-10-18-12-11-17-8-7-15-4-3-13-1;1-6(2)4(7)8-3-5;2-1-4-3;;;;;/h5-6,9,11,18H,4,7-8,10,12-13H2,1-3H3,(H,28,33);3-4,7,9,15,27H,2,5-6,8,10H2,1H3,(H,24,29);1-12H2;3H2,1-2H3;1,3H;1H;;;;/q;;;;;;3*+1;-1/p-2/t18-,25-;15-,21-;;;;;;;;/m00......../s1. The minimum absolute atomic E-state index is 0. The molecule has 29 nitrogen and oxygen atoms in total. The number of aromatic nitrogens is 2. The van der Waals surface area contributed by atoms with Crippen molar-refractivity contribution in [2.24, 2.45) is 10.8 Å². The van der Waals surface area contributed by atoms with Crippen LogP contribution in [0.25, 0.3) is 0 Å². The summed E-state index contributed by atoms with van der Waals surface area (Å²) in [5.74, 6) is -6.89. The van der Waals surface area contributed by atoms with Crippen molar-refractivity contribution in [3.63, 3.8) is 0 Å². The largest absolute Gasteiger partial charge is 1.00 e. The zero-order valence-electron chi connectivity index (χ0n) is 58.8. The fourth-order valence-electron chi connectivity index (χ4n) is 10.1. The molecule has 4 atom stereocenters. The number of ketones is 2. The van der Waals surface area contributed by atoms with Crippen LogP contribution in [-0.4, -0.2) is 212 Å². The molecule has 3 N–H and O–H groups in total. The normalized spacial score (nSPS) is 19.4. The maximum atomic E-state index is 14.0. The molecule has 5 aliphatic rings. The smallest absolute Gasteiger partial charge is 1.00 e. The van der Waals surface area contributed by atoms with Crippen LogP contribution in [0.3, 0.4) is 0 Å². The molecule has 101 heavy (non-hydrogen) atoms. The third-order valence-corrected chi connectivity index (χ3v) is 15.5.